The van der Waals surface area contributed by atoms with Crippen molar-refractivity contribution in [1.29, 1.82) is 0 Å². The molecule has 1 fully saturated rings. The summed E-state index contributed by atoms with van der Waals surface area (Å²) in [7, 11) is 0. The second-order valence-corrected chi connectivity index (χ2v) is 7.82. The first-order valence-electron chi connectivity index (χ1n) is 9.18. The average molecular weight is 356 g/mol. The summed E-state index contributed by atoms with van der Waals surface area (Å²) in [5.74, 6) is 1.79. The van der Waals surface area contributed by atoms with Gasteiger partial charge in [0.25, 0.3) is 5.56 Å². The molecule has 0 saturated carbocycles. The maximum absolute atomic E-state index is 12.1. The molecule has 0 radical (unpaired) electrons. The van der Waals surface area contributed by atoms with Gasteiger partial charge in [-0.25, -0.2) is 14.6 Å². The van der Waals surface area contributed by atoms with E-state index in [0.717, 1.165) is 50.1 Å². The Balaban J connectivity index is 1.57. The molecule has 2 aromatic rings. The van der Waals surface area contributed by atoms with E-state index in [9.17, 15) is 4.79 Å². The molecule has 7 heteroatoms. The molecule has 0 aromatic carbocycles. The van der Waals surface area contributed by atoms with Gasteiger partial charge in [-0.05, 0) is 19.1 Å². The van der Waals surface area contributed by atoms with Crippen LogP contribution in [0.1, 0.15) is 32.3 Å². The first-order chi connectivity index (χ1) is 12.3. The van der Waals surface area contributed by atoms with Gasteiger partial charge in [0.05, 0.1) is 12.2 Å². The number of nitrogens with zero attached hydrogens (tertiary/aromatic N) is 6. The zero-order valence-electron chi connectivity index (χ0n) is 16.1. The third kappa shape index (κ3) is 4.46. The van der Waals surface area contributed by atoms with Crippen LogP contribution in [-0.2, 0) is 12.0 Å². The van der Waals surface area contributed by atoms with E-state index >= 15 is 0 Å². The third-order valence-electron chi connectivity index (χ3n) is 4.72. The number of aryl methyl sites for hydroxylation is 1. The van der Waals surface area contributed by atoms with Crippen molar-refractivity contribution in [2.75, 3.05) is 37.6 Å². The summed E-state index contributed by atoms with van der Waals surface area (Å²) in [4.78, 5) is 25.4. The zero-order chi connectivity index (χ0) is 18.7. The summed E-state index contributed by atoms with van der Waals surface area (Å²) in [5.41, 5.74) is 0.852. The van der Waals surface area contributed by atoms with E-state index < -0.39 is 0 Å². The molecule has 7 nitrogen and oxygen atoms in total. The molecule has 0 amide bonds. The summed E-state index contributed by atoms with van der Waals surface area (Å²) >= 11 is 0. The Hall–Kier alpha value is -2.28. The van der Waals surface area contributed by atoms with E-state index in [-0.39, 0.29) is 11.0 Å². The monoisotopic (exact) mass is 356 g/mol. The first kappa shape index (κ1) is 18.5. The molecular formula is C19H28N6O. The third-order valence-corrected chi connectivity index (χ3v) is 4.72. The first-order valence-corrected chi connectivity index (χ1v) is 9.18. The number of aromatic nitrogens is 4. The molecule has 3 heterocycles. The zero-order valence-corrected chi connectivity index (χ0v) is 16.1. The largest absolute Gasteiger partial charge is 0.354 e. The van der Waals surface area contributed by atoms with E-state index in [1.54, 1.807) is 10.7 Å². The SMILES string of the molecule is Cc1nccc(N2CCN(CCn3nc(C(C)(C)C)ccc3=O)CC2)n1. The number of piperazine rings is 1. The highest BCUT2D eigenvalue weighted by Crippen LogP contribution is 2.18. The van der Waals surface area contributed by atoms with E-state index in [1.165, 1.54) is 0 Å². The van der Waals surface area contributed by atoms with Crippen molar-refractivity contribution in [3.63, 3.8) is 0 Å². The van der Waals surface area contributed by atoms with E-state index in [1.807, 2.05) is 25.3 Å². The minimum atomic E-state index is -0.0588. The van der Waals surface area contributed by atoms with Gasteiger partial charge in [-0.3, -0.25) is 9.69 Å². The van der Waals surface area contributed by atoms with Crippen LogP contribution in [0.3, 0.4) is 0 Å². The van der Waals surface area contributed by atoms with Crippen molar-refractivity contribution < 1.29 is 0 Å². The Bertz CT molecular complexity index is 802. The van der Waals surface area contributed by atoms with Crippen LogP contribution in [0, 0.1) is 6.92 Å². The molecule has 3 rings (SSSR count). The van der Waals surface area contributed by atoms with Gasteiger partial charge >= 0.3 is 0 Å². The van der Waals surface area contributed by atoms with Gasteiger partial charge in [0.15, 0.2) is 0 Å². The van der Waals surface area contributed by atoms with Crippen LogP contribution in [-0.4, -0.2) is 57.4 Å². The predicted octanol–water partition coefficient (Wildman–Crippen LogP) is 1.46. The van der Waals surface area contributed by atoms with Crippen LogP contribution < -0.4 is 10.5 Å². The van der Waals surface area contributed by atoms with Crippen molar-refractivity contribution in [2.45, 2.75) is 39.7 Å². The second kappa shape index (κ2) is 7.53. The number of hydrogen-bond donors (Lipinski definition) is 0. The molecule has 0 spiro atoms. The molecule has 0 aliphatic carbocycles. The molecule has 0 N–H and O–H groups in total. The fourth-order valence-corrected chi connectivity index (χ4v) is 3.07. The second-order valence-electron chi connectivity index (χ2n) is 7.82. The quantitative estimate of drug-likeness (QED) is 0.826. The molecule has 1 aliphatic heterocycles. The molecule has 0 unspecified atom stereocenters. The molecule has 1 aliphatic rings. The molecule has 140 valence electrons. The van der Waals surface area contributed by atoms with Crippen molar-refractivity contribution in [3.05, 3.63) is 46.3 Å². The number of rotatable bonds is 4. The minimum Gasteiger partial charge on any atom is -0.354 e. The summed E-state index contributed by atoms with van der Waals surface area (Å²) in [6.07, 6.45) is 1.81. The van der Waals surface area contributed by atoms with E-state index in [4.69, 9.17) is 0 Å². The standard InChI is InChI=1S/C19H28N6O/c1-15-20-8-7-17(21-15)24-12-9-23(10-13-24)11-14-25-18(26)6-5-16(22-25)19(2,3)4/h5-8H,9-14H2,1-4H3. The lowest BCUT2D eigenvalue weighted by Gasteiger charge is -2.35. The Kier molecular flexibility index (Phi) is 5.36. The Morgan fingerprint density at radius 3 is 2.42 bits per heavy atom. The normalized spacial score (nSPS) is 16.1. The van der Waals surface area contributed by atoms with Crippen LogP contribution in [0.2, 0.25) is 0 Å². The van der Waals surface area contributed by atoms with Crippen LogP contribution in [0.4, 0.5) is 5.82 Å². The van der Waals surface area contributed by atoms with Gasteiger partial charge < -0.3 is 4.90 Å². The number of anilines is 1. The highest BCUT2D eigenvalue weighted by atomic mass is 16.1. The highest BCUT2D eigenvalue weighted by molar-refractivity contribution is 5.37. The lowest BCUT2D eigenvalue weighted by molar-refractivity contribution is 0.241. The smallest absolute Gasteiger partial charge is 0.266 e. The van der Waals surface area contributed by atoms with E-state index in [0.29, 0.717) is 6.54 Å². The van der Waals surface area contributed by atoms with Gasteiger partial charge in [0.1, 0.15) is 11.6 Å². The van der Waals surface area contributed by atoms with Gasteiger partial charge in [-0.15, -0.1) is 0 Å². The van der Waals surface area contributed by atoms with Crippen LogP contribution in [0.5, 0.6) is 0 Å². The Labute approximate surface area is 154 Å². The predicted molar refractivity (Wildman–Crippen MR) is 103 cm³/mol. The van der Waals surface area contributed by atoms with E-state index in [2.05, 4.69) is 45.6 Å². The van der Waals surface area contributed by atoms with Gasteiger partial charge in [-0.2, -0.15) is 5.10 Å². The van der Waals surface area contributed by atoms with Gasteiger partial charge in [0.2, 0.25) is 0 Å². The molecule has 0 atom stereocenters. The van der Waals surface area contributed by atoms with Gasteiger partial charge in [0, 0.05) is 50.4 Å². The van der Waals surface area contributed by atoms with Crippen molar-refractivity contribution in [3.8, 4) is 0 Å². The summed E-state index contributed by atoms with van der Waals surface area (Å²) in [6, 6.07) is 5.43. The van der Waals surface area contributed by atoms with Gasteiger partial charge in [-0.1, -0.05) is 20.8 Å². The van der Waals surface area contributed by atoms with Crippen LogP contribution >= 0.6 is 0 Å². The maximum Gasteiger partial charge on any atom is 0.266 e. The molecule has 2 aromatic heterocycles. The fourth-order valence-electron chi connectivity index (χ4n) is 3.07. The molecular weight excluding hydrogens is 328 g/mol. The maximum atomic E-state index is 12.1. The van der Waals surface area contributed by atoms with Crippen LogP contribution in [0.25, 0.3) is 0 Å². The molecule has 0 bridgehead atoms. The molecule has 26 heavy (non-hydrogen) atoms. The van der Waals surface area contributed by atoms with Crippen molar-refractivity contribution in [1.82, 2.24) is 24.6 Å². The highest BCUT2D eigenvalue weighted by Gasteiger charge is 2.19. The average Bonchev–Trinajstić information content (AvgIpc) is 2.60. The fraction of sp³-hybridized carbons (Fsp3) is 0.579. The topological polar surface area (TPSA) is 67.2 Å². The van der Waals surface area contributed by atoms with Crippen LogP contribution in [0.15, 0.2) is 29.2 Å². The summed E-state index contributed by atoms with van der Waals surface area (Å²) in [5, 5.41) is 4.55. The van der Waals surface area contributed by atoms with Crippen molar-refractivity contribution >= 4 is 5.82 Å². The number of hydrogen-bond acceptors (Lipinski definition) is 6. The Morgan fingerprint density at radius 1 is 1.04 bits per heavy atom. The Morgan fingerprint density at radius 2 is 1.77 bits per heavy atom. The lowest BCUT2D eigenvalue weighted by Crippen LogP contribution is -2.48. The lowest BCUT2D eigenvalue weighted by atomic mass is 9.92. The minimum absolute atomic E-state index is 0.0342. The summed E-state index contributed by atoms with van der Waals surface area (Å²) in [6.45, 7) is 13.5. The molecule has 1 saturated heterocycles. The summed E-state index contributed by atoms with van der Waals surface area (Å²) < 4.78 is 1.60. The van der Waals surface area contributed by atoms with Crippen molar-refractivity contribution in [2.24, 2.45) is 0 Å².